The summed E-state index contributed by atoms with van der Waals surface area (Å²) in [6.07, 6.45) is -3.24. The van der Waals surface area contributed by atoms with Crippen molar-refractivity contribution in [2.24, 2.45) is 0 Å². The molecule has 0 aliphatic carbocycles. The molecule has 0 aromatic heterocycles. The molecule has 0 rings (SSSR count). The van der Waals surface area contributed by atoms with Gasteiger partial charge in [-0.1, -0.05) is 0 Å². The number of Topliss-reactive ketones (excluding diaryl/α,β-unsaturated/α-hetero) is 1. The van der Waals surface area contributed by atoms with Crippen LogP contribution in [0.15, 0.2) is 0 Å². The molecular formula is C6H7ClF2O3. The molecule has 12 heavy (non-hydrogen) atoms. The van der Waals surface area contributed by atoms with Crippen LogP contribution in [0.3, 0.4) is 0 Å². The van der Waals surface area contributed by atoms with Crippen molar-refractivity contribution in [2.75, 3.05) is 6.61 Å². The molecule has 0 amide bonds. The first kappa shape index (κ1) is 11.3. The van der Waals surface area contributed by atoms with E-state index in [0.29, 0.717) is 0 Å². The number of carbonyl (C=O) groups is 2. The fourth-order valence-electron chi connectivity index (χ4n) is 0.442. The first-order valence-electron chi connectivity index (χ1n) is 3.13. The maximum atomic E-state index is 11.6. The molecule has 0 aromatic carbocycles. The number of alkyl halides is 3. The third-order valence-corrected chi connectivity index (χ3v) is 1.35. The molecule has 6 heteroatoms. The van der Waals surface area contributed by atoms with Crippen LogP contribution >= 0.6 is 11.6 Å². The van der Waals surface area contributed by atoms with Gasteiger partial charge in [-0.15, -0.1) is 11.6 Å². The fourth-order valence-corrected chi connectivity index (χ4v) is 0.600. The van der Waals surface area contributed by atoms with Crippen LogP contribution < -0.4 is 0 Å². The minimum absolute atomic E-state index is 0.00142. The van der Waals surface area contributed by atoms with Gasteiger partial charge < -0.3 is 4.74 Å². The highest BCUT2D eigenvalue weighted by atomic mass is 35.5. The van der Waals surface area contributed by atoms with Crippen LogP contribution in [0.5, 0.6) is 0 Å². The average molecular weight is 201 g/mol. The normalized spacial score (nSPS) is 12.8. The van der Waals surface area contributed by atoms with Crippen LogP contribution in [0.2, 0.25) is 0 Å². The fraction of sp³-hybridized carbons (Fsp3) is 0.667. The maximum Gasteiger partial charge on any atom is 0.331 e. The van der Waals surface area contributed by atoms with Crippen molar-refractivity contribution in [1.29, 1.82) is 0 Å². The number of carbonyl (C=O) groups excluding carboxylic acids is 2. The summed E-state index contributed by atoms with van der Waals surface area (Å²) in [6, 6.07) is 0. The van der Waals surface area contributed by atoms with Crippen LogP contribution in [-0.4, -0.2) is 30.2 Å². The summed E-state index contributed by atoms with van der Waals surface area (Å²) in [6.45, 7) is 1.48. The Morgan fingerprint density at radius 2 is 2.00 bits per heavy atom. The number of ketones is 1. The molecule has 0 aliphatic rings. The van der Waals surface area contributed by atoms with Gasteiger partial charge in [0.05, 0.1) is 6.61 Å². The highest BCUT2D eigenvalue weighted by Gasteiger charge is 2.31. The zero-order valence-corrected chi connectivity index (χ0v) is 6.98. The molecule has 0 unspecified atom stereocenters. The van der Waals surface area contributed by atoms with Gasteiger partial charge in [0, 0.05) is 0 Å². The van der Waals surface area contributed by atoms with Crippen LogP contribution in [-0.2, 0) is 14.3 Å². The molecule has 0 saturated carbocycles. The molecule has 0 spiro atoms. The summed E-state index contributed by atoms with van der Waals surface area (Å²) in [5.41, 5.74) is 0. The van der Waals surface area contributed by atoms with Crippen LogP contribution in [0.4, 0.5) is 8.78 Å². The van der Waals surface area contributed by atoms with Crippen molar-refractivity contribution in [2.45, 2.75) is 18.7 Å². The predicted molar refractivity (Wildman–Crippen MR) is 37.3 cm³/mol. The van der Waals surface area contributed by atoms with E-state index in [2.05, 4.69) is 4.74 Å². The van der Waals surface area contributed by atoms with Gasteiger partial charge in [-0.2, -0.15) is 0 Å². The SMILES string of the molecule is CCOC(=O)[C@@H](Cl)C(=O)C(F)F. The predicted octanol–water partition coefficient (Wildman–Crippen LogP) is 0.991. The molecule has 0 fully saturated rings. The third kappa shape index (κ3) is 3.13. The van der Waals surface area contributed by atoms with Crippen molar-refractivity contribution < 1.29 is 23.1 Å². The van der Waals surface area contributed by atoms with E-state index in [0.717, 1.165) is 0 Å². The molecule has 0 N–H and O–H groups in total. The standard InChI is InChI=1S/C6H7ClF2O3/c1-2-12-6(11)3(7)4(10)5(8)9/h3,5H,2H2,1H3/t3-/m0/s1. The molecule has 0 bridgehead atoms. The number of rotatable bonds is 4. The second-order valence-corrected chi connectivity index (χ2v) is 2.25. The topological polar surface area (TPSA) is 43.4 Å². The average Bonchev–Trinajstić information content (AvgIpc) is 2.02. The van der Waals surface area contributed by atoms with Gasteiger partial charge in [0.1, 0.15) is 0 Å². The molecule has 0 radical (unpaired) electrons. The molecule has 70 valence electrons. The molecule has 1 atom stereocenters. The van der Waals surface area contributed by atoms with E-state index >= 15 is 0 Å². The van der Waals surface area contributed by atoms with E-state index in [-0.39, 0.29) is 6.61 Å². The first-order valence-corrected chi connectivity index (χ1v) is 3.57. The molecule has 0 aliphatic heterocycles. The number of hydrogen-bond donors (Lipinski definition) is 0. The monoisotopic (exact) mass is 200 g/mol. The van der Waals surface area contributed by atoms with E-state index in [9.17, 15) is 18.4 Å². The Bertz CT molecular complexity index is 184. The minimum atomic E-state index is -3.24. The van der Waals surface area contributed by atoms with Crippen LogP contribution in [0.1, 0.15) is 6.92 Å². The summed E-state index contributed by atoms with van der Waals surface area (Å²) < 4.78 is 27.5. The largest absolute Gasteiger partial charge is 0.465 e. The van der Waals surface area contributed by atoms with E-state index in [4.69, 9.17) is 11.6 Å². The highest BCUT2D eigenvalue weighted by molar-refractivity contribution is 6.41. The van der Waals surface area contributed by atoms with Gasteiger partial charge in [-0.3, -0.25) is 4.79 Å². The van der Waals surface area contributed by atoms with Gasteiger partial charge in [0.25, 0.3) is 6.43 Å². The van der Waals surface area contributed by atoms with E-state index in [1.54, 1.807) is 0 Å². The Labute approximate surface area is 72.6 Å². The van der Waals surface area contributed by atoms with Crippen LogP contribution in [0, 0.1) is 0 Å². The summed E-state index contributed by atoms with van der Waals surface area (Å²) >= 11 is 5.05. The summed E-state index contributed by atoms with van der Waals surface area (Å²) in [7, 11) is 0. The molecule has 0 saturated heterocycles. The lowest BCUT2D eigenvalue weighted by Crippen LogP contribution is -2.31. The van der Waals surface area contributed by atoms with E-state index in [1.165, 1.54) is 6.92 Å². The first-order chi connectivity index (χ1) is 5.50. The summed E-state index contributed by atoms with van der Waals surface area (Å²) in [5.74, 6) is -2.76. The summed E-state index contributed by atoms with van der Waals surface area (Å²) in [5, 5.41) is -1.90. The van der Waals surface area contributed by atoms with Gasteiger partial charge in [0.2, 0.25) is 5.78 Å². The van der Waals surface area contributed by atoms with Gasteiger partial charge in [0.15, 0.2) is 5.38 Å². The lowest BCUT2D eigenvalue weighted by Gasteiger charge is -2.05. The van der Waals surface area contributed by atoms with Crippen LogP contribution in [0.25, 0.3) is 0 Å². The molecular weight excluding hydrogens is 194 g/mol. The zero-order valence-electron chi connectivity index (χ0n) is 6.22. The van der Waals surface area contributed by atoms with E-state index in [1.807, 2.05) is 0 Å². The van der Waals surface area contributed by atoms with Crippen molar-refractivity contribution in [3.8, 4) is 0 Å². The Morgan fingerprint density at radius 3 is 2.33 bits per heavy atom. The second-order valence-electron chi connectivity index (χ2n) is 1.82. The van der Waals surface area contributed by atoms with Crippen molar-refractivity contribution in [3.05, 3.63) is 0 Å². The Hall–Kier alpha value is -0.710. The van der Waals surface area contributed by atoms with Gasteiger partial charge in [-0.25, -0.2) is 13.6 Å². The zero-order chi connectivity index (χ0) is 9.72. The van der Waals surface area contributed by atoms with Crippen molar-refractivity contribution in [3.63, 3.8) is 0 Å². The number of esters is 1. The minimum Gasteiger partial charge on any atom is -0.465 e. The Kier molecular flexibility index (Phi) is 4.73. The Balaban J connectivity index is 4.10. The van der Waals surface area contributed by atoms with Crippen molar-refractivity contribution in [1.82, 2.24) is 0 Å². The number of hydrogen-bond acceptors (Lipinski definition) is 3. The molecule has 0 aromatic rings. The Morgan fingerprint density at radius 1 is 1.50 bits per heavy atom. The molecule has 0 heterocycles. The van der Waals surface area contributed by atoms with Gasteiger partial charge >= 0.3 is 5.97 Å². The third-order valence-electron chi connectivity index (χ3n) is 0.958. The van der Waals surface area contributed by atoms with E-state index < -0.39 is 23.6 Å². The van der Waals surface area contributed by atoms with Crippen molar-refractivity contribution >= 4 is 23.4 Å². The smallest absolute Gasteiger partial charge is 0.331 e. The van der Waals surface area contributed by atoms with Gasteiger partial charge in [-0.05, 0) is 6.92 Å². The number of ether oxygens (including phenoxy) is 1. The quantitative estimate of drug-likeness (QED) is 0.386. The highest BCUT2D eigenvalue weighted by Crippen LogP contribution is 2.07. The molecule has 3 nitrogen and oxygen atoms in total. The number of halogens is 3. The summed E-state index contributed by atoms with van der Waals surface area (Å²) in [4.78, 5) is 21.0. The lowest BCUT2D eigenvalue weighted by atomic mass is 10.3. The second kappa shape index (κ2) is 5.03. The lowest BCUT2D eigenvalue weighted by molar-refractivity contribution is -0.147. The maximum absolute atomic E-state index is 11.6.